The van der Waals surface area contributed by atoms with Crippen LogP contribution in [0.3, 0.4) is 0 Å². The molecular weight excluding hydrogens is 192 g/mol. The van der Waals surface area contributed by atoms with Crippen LogP contribution in [-0.2, 0) is 11.4 Å². The minimum absolute atomic E-state index is 0.172. The van der Waals surface area contributed by atoms with Gasteiger partial charge in [0.1, 0.15) is 12.3 Å². The summed E-state index contributed by atoms with van der Waals surface area (Å²) in [5.41, 5.74) is 0.0241. The maximum absolute atomic E-state index is 10.5. The Balaban J connectivity index is 2.73. The molecule has 14 heavy (non-hydrogen) atoms. The Hall–Kier alpha value is -2.18. The second-order valence-corrected chi connectivity index (χ2v) is 2.32. The molecule has 0 radical (unpaired) electrons. The fraction of sp³-hybridized carbons (Fsp3) is 0.143. The average Bonchev–Trinajstić information content (AvgIpc) is 2.15. The highest BCUT2D eigenvalue weighted by molar-refractivity contribution is 5.85. The largest absolute Gasteiger partial charge is 0.477 e. The molecule has 0 aromatic carbocycles. The third-order valence-corrected chi connectivity index (χ3v) is 1.34. The summed E-state index contributed by atoms with van der Waals surface area (Å²) in [5.74, 6) is -1.19. The highest BCUT2D eigenvalue weighted by atomic mass is 16.9. The number of aromatic nitrogens is 1. The second-order valence-electron chi connectivity index (χ2n) is 2.32. The van der Waals surface area contributed by atoms with Crippen LogP contribution in [0.1, 0.15) is 16.2 Å². The van der Waals surface area contributed by atoms with Gasteiger partial charge in [-0.1, -0.05) is 6.07 Å². The first-order valence-corrected chi connectivity index (χ1v) is 3.56. The van der Waals surface area contributed by atoms with E-state index in [0.29, 0.717) is 0 Å². The summed E-state index contributed by atoms with van der Waals surface area (Å²) in [5, 5.41) is 17.4. The van der Waals surface area contributed by atoms with Gasteiger partial charge in [-0.25, -0.2) is 9.78 Å². The molecule has 1 N–H and O–H groups in total. The fourth-order valence-corrected chi connectivity index (χ4v) is 0.798. The van der Waals surface area contributed by atoms with Crippen LogP contribution in [0.5, 0.6) is 0 Å². The van der Waals surface area contributed by atoms with Gasteiger partial charge < -0.3 is 9.94 Å². The van der Waals surface area contributed by atoms with Crippen molar-refractivity contribution in [2.45, 2.75) is 6.61 Å². The Morgan fingerprint density at radius 2 is 2.36 bits per heavy atom. The molecule has 0 fully saturated rings. The smallest absolute Gasteiger partial charge is 0.354 e. The van der Waals surface area contributed by atoms with Gasteiger partial charge in [0.2, 0.25) is 0 Å². The van der Waals surface area contributed by atoms with E-state index in [4.69, 9.17) is 5.11 Å². The van der Waals surface area contributed by atoms with Crippen molar-refractivity contribution in [2.24, 2.45) is 0 Å². The zero-order chi connectivity index (χ0) is 10.6. The lowest BCUT2D eigenvalue weighted by Crippen LogP contribution is -2.06. The maximum atomic E-state index is 10.5. The lowest BCUT2D eigenvalue weighted by molar-refractivity contribution is -0.763. The predicted molar refractivity (Wildman–Crippen MR) is 43.0 cm³/mol. The third-order valence-electron chi connectivity index (χ3n) is 1.34. The first kappa shape index (κ1) is 9.90. The number of hydrogen-bond acceptors (Lipinski definition) is 5. The average molecular weight is 198 g/mol. The van der Waals surface area contributed by atoms with E-state index in [1.54, 1.807) is 0 Å². The first-order valence-electron chi connectivity index (χ1n) is 3.56. The third kappa shape index (κ3) is 2.70. The van der Waals surface area contributed by atoms with Crippen molar-refractivity contribution in [1.82, 2.24) is 4.98 Å². The standard InChI is InChI=1S/C7H6N2O5/c10-7(11)6-3-1-2-5(8-6)4-14-9(12)13/h1-3H,4H2,(H,10,11). The normalized spacial score (nSPS) is 9.43. The summed E-state index contributed by atoms with van der Waals surface area (Å²) < 4.78 is 0. The molecule has 0 bridgehead atoms. The van der Waals surface area contributed by atoms with Crippen LogP contribution in [0, 0.1) is 10.1 Å². The monoisotopic (exact) mass is 198 g/mol. The Kier molecular flexibility index (Phi) is 2.95. The van der Waals surface area contributed by atoms with Crippen molar-refractivity contribution in [3.63, 3.8) is 0 Å². The Morgan fingerprint density at radius 3 is 2.93 bits per heavy atom. The molecule has 0 unspecified atom stereocenters. The van der Waals surface area contributed by atoms with Crippen molar-refractivity contribution in [3.05, 3.63) is 39.7 Å². The van der Waals surface area contributed by atoms with Crippen molar-refractivity contribution in [2.75, 3.05) is 0 Å². The van der Waals surface area contributed by atoms with E-state index < -0.39 is 11.1 Å². The number of nitrogens with zero attached hydrogens (tertiary/aromatic N) is 2. The molecule has 7 nitrogen and oxygen atoms in total. The summed E-state index contributed by atoms with van der Waals surface area (Å²) in [7, 11) is 0. The van der Waals surface area contributed by atoms with Crippen molar-refractivity contribution >= 4 is 5.97 Å². The summed E-state index contributed by atoms with van der Waals surface area (Å²) in [4.78, 5) is 27.9. The number of aromatic carboxylic acids is 1. The SMILES string of the molecule is O=C(O)c1cccc(CO[N+](=O)[O-])n1. The molecule has 0 amide bonds. The number of pyridine rings is 1. The maximum Gasteiger partial charge on any atom is 0.354 e. The van der Waals surface area contributed by atoms with E-state index in [9.17, 15) is 14.9 Å². The number of carboxylic acid groups (broad SMARTS) is 1. The zero-order valence-electron chi connectivity index (χ0n) is 6.91. The van der Waals surface area contributed by atoms with Crippen LogP contribution in [0.25, 0.3) is 0 Å². The van der Waals surface area contributed by atoms with Gasteiger partial charge in [0.05, 0.1) is 5.69 Å². The second kappa shape index (κ2) is 4.17. The highest BCUT2D eigenvalue weighted by Gasteiger charge is 2.05. The van der Waals surface area contributed by atoms with Crippen molar-refractivity contribution < 1.29 is 19.8 Å². The lowest BCUT2D eigenvalue weighted by Gasteiger charge is -1.99. The Bertz CT molecular complexity index is 365. The van der Waals surface area contributed by atoms with Gasteiger partial charge in [0.25, 0.3) is 5.09 Å². The van der Waals surface area contributed by atoms with Gasteiger partial charge in [-0.2, -0.15) is 0 Å². The number of rotatable bonds is 4. The van der Waals surface area contributed by atoms with Crippen molar-refractivity contribution in [3.8, 4) is 0 Å². The van der Waals surface area contributed by atoms with Crippen LogP contribution in [0.4, 0.5) is 0 Å². The van der Waals surface area contributed by atoms with Gasteiger partial charge in [0, 0.05) is 0 Å². The van der Waals surface area contributed by atoms with E-state index in [1.807, 2.05) is 0 Å². The van der Waals surface area contributed by atoms with Crippen LogP contribution < -0.4 is 0 Å². The number of carboxylic acids is 1. The Morgan fingerprint density at radius 1 is 1.64 bits per heavy atom. The Labute approximate surface area is 78.1 Å². The summed E-state index contributed by atoms with van der Waals surface area (Å²) in [6.45, 7) is -0.353. The van der Waals surface area contributed by atoms with Crippen LogP contribution in [0.2, 0.25) is 0 Å². The molecular formula is C7H6N2O5. The van der Waals surface area contributed by atoms with Crippen LogP contribution >= 0.6 is 0 Å². The van der Waals surface area contributed by atoms with E-state index in [-0.39, 0.29) is 18.0 Å². The molecule has 0 saturated carbocycles. The van der Waals surface area contributed by atoms with E-state index in [2.05, 4.69) is 9.82 Å². The molecule has 0 spiro atoms. The van der Waals surface area contributed by atoms with Crippen LogP contribution in [-0.4, -0.2) is 21.1 Å². The molecule has 0 aliphatic carbocycles. The molecule has 0 saturated heterocycles. The molecule has 1 rings (SSSR count). The molecule has 1 aromatic heterocycles. The van der Waals surface area contributed by atoms with Crippen molar-refractivity contribution in [1.29, 1.82) is 0 Å². The molecule has 1 aromatic rings. The van der Waals surface area contributed by atoms with E-state index in [0.717, 1.165) is 0 Å². The highest BCUT2D eigenvalue weighted by Crippen LogP contribution is 2.01. The lowest BCUT2D eigenvalue weighted by atomic mass is 10.3. The number of carbonyl (C=O) groups is 1. The summed E-state index contributed by atoms with van der Waals surface area (Å²) in [6.07, 6.45) is 0. The predicted octanol–water partition coefficient (Wildman–Crippen LogP) is 0.488. The van der Waals surface area contributed by atoms with Gasteiger partial charge in [-0.3, -0.25) is 0 Å². The molecule has 0 atom stereocenters. The van der Waals surface area contributed by atoms with Gasteiger partial charge in [0.15, 0.2) is 0 Å². The molecule has 74 valence electrons. The molecule has 7 heteroatoms. The molecule has 1 heterocycles. The summed E-state index contributed by atoms with van der Waals surface area (Å²) in [6, 6.07) is 4.17. The number of hydrogen-bond donors (Lipinski definition) is 1. The van der Waals surface area contributed by atoms with E-state index >= 15 is 0 Å². The summed E-state index contributed by atoms with van der Waals surface area (Å²) >= 11 is 0. The first-order chi connectivity index (χ1) is 6.59. The molecule has 0 aliphatic rings. The topological polar surface area (TPSA) is 103 Å². The van der Waals surface area contributed by atoms with Gasteiger partial charge in [-0.05, 0) is 12.1 Å². The van der Waals surface area contributed by atoms with Gasteiger partial charge in [-0.15, -0.1) is 10.1 Å². The van der Waals surface area contributed by atoms with E-state index in [1.165, 1.54) is 18.2 Å². The van der Waals surface area contributed by atoms with Gasteiger partial charge >= 0.3 is 5.97 Å². The van der Waals surface area contributed by atoms with Crippen LogP contribution in [0.15, 0.2) is 18.2 Å². The quantitative estimate of drug-likeness (QED) is 0.557. The fourth-order valence-electron chi connectivity index (χ4n) is 0.798. The minimum atomic E-state index is -1.19. The molecule has 0 aliphatic heterocycles. The zero-order valence-corrected chi connectivity index (χ0v) is 6.91. The minimum Gasteiger partial charge on any atom is -0.477 e.